The lowest BCUT2D eigenvalue weighted by molar-refractivity contribution is 0.0685. The Morgan fingerprint density at radius 1 is 1.39 bits per heavy atom. The minimum absolute atomic E-state index is 0.107. The number of aryl methyl sites for hydroxylation is 1. The summed E-state index contributed by atoms with van der Waals surface area (Å²) in [5, 5.41) is 9.30. The van der Waals surface area contributed by atoms with Gasteiger partial charge in [-0.05, 0) is 25.1 Å². The van der Waals surface area contributed by atoms with Crippen molar-refractivity contribution in [2.45, 2.75) is 18.4 Å². The van der Waals surface area contributed by atoms with Crippen LogP contribution in [0.15, 0.2) is 35.4 Å². The third-order valence-corrected chi connectivity index (χ3v) is 4.82. The fourth-order valence-corrected chi connectivity index (χ4v) is 3.31. The summed E-state index contributed by atoms with van der Waals surface area (Å²) < 4.78 is 33.6. The number of hydrogen-bond donors (Lipinski definition) is 2. The molecule has 1 aromatic carbocycles. The fraction of sp³-hybridized carbons (Fsp3) is 0.214. The van der Waals surface area contributed by atoms with Crippen LogP contribution < -0.4 is 9.46 Å². The van der Waals surface area contributed by atoms with Gasteiger partial charge in [0.1, 0.15) is 16.3 Å². The standard InChI is InChI=1S/C14H15ClN2O5S/c1-3-17-8-10(7-13(17)14(18)19)23(20,21)16-12-6-9(22-2)4-5-11(12)15/h4-8,16H,3H2,1-2H3,(H,18,19). The molecule has 9 heteroatoms. The topological polar surface area (TPSA) is 97.6 Å². The van der Waals surface area contributed by atoms with Crippen LogP contribution >= 0.6 is 11.6 Å². The zero-order chi connectivity index (χ0) is 17.2. The highest BCUT2D eigenvalue weighted by atomic mass is 35.5. The molecule has 23 heavy (non-hydrogen) atoms. The van der Waals surface area contributed by atoms with Crippen LogP contribution in [0, 0.1) is 0 Å². The first-order chi connectivity index (χ1) is 10.8. The average Bonchev–Trinajstić information content (AvgIpc) is 2.94. The molecule has 0 fully saturated rings. The lowest BCUT2D eigenvalue weighted by Crippen LogP contribution is -2.12. The molecule has 2 N–H and O–H groups in total. The monoisotopic (exact) mass is 358 g/mol. The molecule has 2 aromatic rings. The van der Waals surface area contributed by atoms with E-state index in [0.29, 0.717) is 12.3 Å². The van der Waals surface area contributed by atoms with E-state index < -0.39 is 16.0 Å². The van der Waals surface area contributed by atoms with E-state index in [2.05, 4.69) is 4.72 Å². The highest BCUT2D eigenvalue weighted by Crippen LogP contribution is 2.29. The zero-order valence-electron chi connectivity index (χ0n) is 12.4. The van der Waals surface area contributed by atoms with Gasteiger partial charge in [-0.2, -0.15) is 0 Å². The van der Waals surface area contributed by atoms with Crippen molar-refractivity contribution in [1.82, 2.24) is 4.57 Å². The van der Waals surface area contributed by atoms with Crippen LogP contribution in [0.3, 0.4) is 0 Å². The number of methoxy groups -OCH3 is 1. The van der Waals surface area contributed by atoms with Crippen molar-refractivity contribution in [1.29, 1.82) is 0 Å². The maximum Gasteiger partial charge on any atom is 0.352 e. The second-order valence-corrected chi connectivity index (χ2v) is 6.69. The maximum atomic E-state index is 12.4. The number of rotatable bonds is 6. The molecule has 0 saturated carbocycles. The minimum Gasteiger partial charge on any atom is -0.497 e. The summed E-state index contributed by atoms with van der Waals surface area (Å²) in [6.45, 7) is 2.05. The lowest BCUT2D eigenvalue weighted by Gasteiger charge is -2.10. The van der Waals surface area contributed by atoms with Gasteiger partial charge in [0.15, 0.2) is 0 Å². The first kappa shape index (κ1) is 17.2. The molecule has 7 nitrogen and oxygen atoms in total. The van der Waals surface area contributed by atoms with Gasteiger partial charge in [-0.1, -0.05) is 11.6 Å². The number of anilines is 1. The number of nitrogens with one attached hydrogen (secondary N) is 1. The van der Waals surface area contributed by atoms with Crippen LogP contribution in [0.2, 0.25) is 5.02 Å². The molecule has 1 aromatic heterocycles. The van der Waals surface area contributed by atoms with Gasteiger partial charge >= 0.3 is 5.97 Å². The molecule has 124 valence electrons. The van der Waals surface area contributed by atoms with Gasteiger partial charge < -0.3 is 14.4 Å². The molecule has 2 rings (SSSR count). The van der Waals surface area contributed by atoms with E-state index in [-0.39, 0.29) is 21.3 Å². The van der Waals surface area contributed by atoms with E-state index in [1.54, 1.807) is 13.0 Å². The van der Waals surface area contributed by atoms with Crippen LogP contribution in [-0.4, -0.2) is 31.2 Å². The minimum atomic E-state index is -3.98. The summed E-state index contributed by atoms with van der Waals surface area (Å²) in [6.07, 6.45) is 1.26. The Bertz CT molecular complexity index is 845. The highest BCUT2D eigenvalue weighted by molar-refractivity contribution is 7.92. The Hall–Kier alpha value is -2.19. The molecule has 1 heterocycles. The summed E-state index contributed by atoms with van der Waals surface area (Å²) in [4.78, 5) is 11.0. The summed E-state index contributed by atoms with van der Waals surface area (Å²) in [6, 6.07) is 5.63. The molecular weight excluding hydrogens is 344 g/mol. The van der Waals surface area contributed by atoms with Crippen LogP contribution in [0.4, 0.5) is 5.69 Å². The summed E-state index contributed by atoms with van der Waals surface area (Å²) >= 11 is 5.98. The zero-order valence-corrected chi connectivity index (χ0v) is 14.0. The maximum absolute atomic E-state index is 12.4. The third-order valence-electron chi connectivity index (χ3n) is 3.16. The van der Waals surface area contributed by atoms with Crippen molar-refractivity contribution in [2.75, 3.05) is 11.8 Å². The van der Waals surface area contributed by atoms with Crippen LogP contribution in [-0.2, 0) is 16.6 Å². The van der Waals surface area contributed by atoms with Crippen LogP contribution in [0.25, 0.3) is 0 Å². The normalized spacial score (nSPS) is 11.3. The number of ether oxygens (including phenoxy) is 1. The van der Waals surface area contributed by atoms with E-state index >= 15 is 0 Å². The van der Waals surface area contributed by atoms with Crippen molar-refractivity contribution in [3.8, 4) is 5.75 Å². The van der Waals surface area contributed by atoms with Crippen LogP contribution in [0.5, 0.6) is 5.75 Å². The molecule has 0 aliphatic rings. The number of sulfonamides is 1. The number of nitrogens with zero attached hydrogens (tertiary/aromatic N) is 1. The Balaban J connectivity index is 2.42. The Morgan fingerprint density at radius 3 is 2.61 bits per heavy atom. The van der Waals surface area contributed by atoms with Gasteiger partial charge in [0.2, 0.25) is 0 Å². The van der Waals surface area contributed by atoms with E-state index in [1.807, 2.05) is 0 Å². The third kappa shape index (κ3) is 3.59. The molecule has 0 atom stereocenters. The molecule has 0 amide bonds. The SMILES string of the molecule is CCn1cc(S(=O)(=O)Nc2cc(OC)ccc2Cl)cc1C(=O)O. The smallest absolute Gasteiger partial charge is 0.352 e. The predicted molar refractivity (Wildman–Crippen MR) is 85.9 cm³/mol. The fourth-order valence-electron chi connectivity index (χ4n) is 1.98. The molecule has 0 saturated heterocycles. The van der Waals surface area contributed by atoms with E-state index in [9.17, 15) is 13.2 Å². The average molecular weight is 359 g/mol. The van der Waals surface area contributed by atoms with E-state index in [0.717, 1.165) is 6.07 Å². The quantitative estimate of drug-likeness (QED) is 0.827. The second kappa shape index (κ2) is 6.51. The highest BCUT2D eigenvalue weighted by Gasteiger charge is 2.22. The largest absolute Gasteiger partial charge is 0.497 e. The number of aromatic nitrogens is 1. The molecular formula is C14H15ClN2O5S. The summed E-state index contributed by atoms with van der Waals surface area (Å²) in [5.41, 5.74) is 0.0387. The van der Waals surface area contributed by atoms with Crippen molar-refractivity contribution in [2.24, 2.45) is 0 Å². The van der Waals surface area contributed by atoms with Crippen LogP contribution in [0.1, 0.15) is 17.4 Å². The Morgan fingerprint density at radius 2 is 2.09 bits per heavy atom. The second-order valence-electron chi connectivity index (χ2n) is 4.60. The number of carboxylic acid groups (broad SMARTS) is 1. The Labute approximate surface area is 138 Å². The van der Waals surface area contributed by atoms with E-state index in [4.69, 9.17) is 21.4 Å². The number of carboxylic acids is 1. The van der Waals surface area contributed by atoms with Crippen molar-refractivity contribution in [3.63, 3.8) is 0 Å². The Kier molecular flexibility index (Phi) is 4.86. The molecule has 0 spiro atoms. The van der Waals surface area contributed by atoms with Crippen molar-refractivity contribution in [3.05, 3.63) is 41.2 Å². The van der Waals surface area contributed by atoms with Gasteiger partial charge in [-0.25, -0.2) is 13.2 Å². The first-order valence-corrected chi connectivity index (χ1v) is 8.44. The molecule has 0 aliphatic heterocycles. The predicted octanol–water partition coefficient (Wildman–Crippen LogP) is 2.67. The van der Waals surface area contributed by atoms with Gasteiger partial charge in [0, 0.05) is 18.8 Å². The van der Waals surface area contributed by atoms with E-state index in [1.165, 1.54) is 30.0 Å². The molecule has 0 unspecified atom stereocenters. The van der Waals surface area contributed by atoms with Gasteiger partial charge in [0.25, 0.3) is 10.0 Å². The molecule has 0 radical (unpaired) electrons. The summed E-state index contributed by atoms with van der Waals surface area (Å²) in [7, 11) is -2.53. The number of benzene rings is 1. The van der Waals surface area contributed by atoms with Gasteiger partial charge in [-0.3, -0.25) is 4.72 Å². The van der Waals surface area contributed by atoms with Crippen molar-refractivity contribution >= 4 is 33.3 Å². The molecule has 0 aliphatic carbocycles. The summed E-state index contributed by atoms with van der Waals surface area (Å²) in [5.74, 6) is -0.767. The number of carbonyl (C=O) groups is 1. The van der Waals surface area contributed by atoms with Gasteiger partial charge in [0.05, 0.1) is 17.8 Å². The molecule has 0 bridgehead atoms. The number of aromatic carboxylic acids is 1. The first-order valence-electron chi connectivity index (χ1n) is 6.58. The number of halogens is 1. The van der Waals surface area contributed by atoms with Gasteiger partial charge in [-0.15, -0.1) is 0 Å². The number of hydrogen-bond acceptors (Lipinski definition) is 4. The lowest BCUT2D eigenvalue weighted by atomic mass is 10.3. The van der Waals surface area contributed by atoms with Crippen molar-refractivity contribution < 1.29 is 23.1 Å².